The summed E-state index contributed by atoms with van der Waals surface area (Å²) in [5.41, 5.74) is 0.702. The van der Waals surface area contributed by atoms with E-state index in [1.165, 1.54) is 13.5 Å². The Morgan fingerprint density at radius 3 is 2.09 bits per heavy atom. The third-order valence-corrected chi connectivity index (χ3v) is 8.11. The maximum atomic E-state index is 12.9. The fraction of sp³-hybridized carbons (Fsp3) is 0.591. The monoisotopic (exact) mass is 476 g/mol. The lowest BCUT2D eigenvalue weighted by Crippen LogP contribution is -2.57. The van der Waals surface area contributed by atoms with E-state index in [9.17, 15) is 18.0 Å². The van der Waals surface area contributed by atoms with E-state index >= 15 is 0 Å². The van der Waals surface area contributed by atoms with Crippen LogP contribution in [0, 0.1) is 11.3 Å². The van der Waals surface area contributed by atoms with Crippen LogP contribution in [-0.2, 0) is 19.8 Å². The predicted octanol–water partition coefficient (Wildman–Crippen LogP) is 0.350. The number of hydrogen-bond acceptors (Lipinski definition) is 6. The summed E-state index contributed by atoms with van der Waals surface area (Å²) in [4.78, 5) is 30.7. The second kappa shape index (κ2) is 11.6. The molecule has 0 aromatic heterocycles. The zero-order chi connectivity index (χ0) is 23.8. The second-order valence-electron chi connectivity index (χ2n) is 8.28. The highest BCUT2D eigenvalue weighted by molar-refractivity contribution is 7.86. The molecule has 1 aromatic rings. The molecule has 2 aliphatic heterocycles. The largest absolute Gasteiger partial charge is 0.340 e. The first kappa shape index (κ1) is 25.1. The number of rotatable bonds is 8. The van der Waals surface area contributed by atoms with Gasteiger partial charge in [0, 0.05) is 77.4 Å². The Morgan fingerprint density at radius 1 is 0.939 bits per heavy atom. The van der Waals surface area contributed by atoms with E-state index in [0.29, 0.717) is 45.0 Å². The molecule has 0 aliphatic carbocycles. The van der Waals surface area contributed by atoms with Gasteiger partial charge in [-0.2, -0.15) is 22.3 Å². The molecular weight excluding hydrogens is 444 g/mol. The van der Waals surface area contributed by atoms with Gasteiger partial charge in [-0.3, -0.25) is 9.59 Å². The third-order valence-electron chi connectivity index (χ3n) is 6.08. The van der Waals surface area contributed by atoms with Crippen molar-refractivity contribution in [3.8, 4) is 6.07 Å². The molecule has 0 saturated carbocycles. The molecule has 0 unspecified atom stereocenters. The summed E-state index contributed by atoms with van der Waals surface area (Å²) in [5.74, 6) is -0.366. The Bertz CT molecular complexity index is 949. The highest BCUT2D eigenvalue weighted by Gasteiger charge is 2.34. The minimum atomic E-state index is -3.52. The van der Waals surface area contributed by atoms with Crippen molar-refractivity contribution in [2.24, 2.45) is 0 Å². The van der Waals surface area contributed by atoms with E-state index in [0.717, 1.165) is 0 Å². The van der Waals surface area contributed by atoms with Gasteiger partial charge in [0.1, 0.15) is 0 Å². The number of anilines is 1. The predicted molar refractivity (Wildman–Crippen MR) is 124 cm³/mol. The van der Waals surface area contributed by atoms with Crippen molar-refractivity contribution in [3.63, 3.8) is 0 Å². The molecule has 2 heterocycles. The van der Waals surface area contributed by atoms with Crippen LogP contribution in [0.4, 0.5) is 5.69 Å². The topological polar surface area (TPSA) is 108 Å². The van der Waals surface area contributed by atoms with E-state index in [2.05, 4.69) is 11.0 Å². The summed E-state index contributed by atoms with van der Waals surface area (Å²) in [6, 6.07) is 11.2. The number of para-hydroxylation sites is 1. The summed E-state index contributed by atoms with van der Waals surface area (Å²) >= 11 is 0. The molecule has 33 heavy (non-hydrogen) atoms. The summed E-state index contributed by atoms with van der Waals surface area (Å²) in [6.45, 7) is 3.79. The van der Waals surface area contributed by atoms with Crippen molar-refractivity contribution in [2.75, 3.05) is 70.9 Å². The van der Waals surface area contributed by atoms with Gasteiger partial charge in [-0.05, 0) is 19.2 Å². The molecule has 2 amide bonds. The lowest BCUT2D eigenvalue weighted by Gasteiger charge is -2.39. The van der Waals surface area contributed by atoms with Crippen molar-refractivity contribution in [3.05, 3.63) is 30.3 Å². The molecule has 180 valence electrons. The van der Waals surface area contributed by atoms with Crippen molar-refractivity contribution in [1.29, 1.82) is 5.26 Å². The molecule has 1 aromatic carbocycles. The first-order valence-corrected chi connectivity index (χ1v) is 12.7. The summed E-state index contributed by atoms with van der Waals surface area (Å²) < 4.78 is 28.8. The Hall–Kier alpha value is -2.52. The quantitative estimate of drug-likeness (QED) is 0.536. The Labute approximate surface area is 196 Å². The first-order chi connectivity index (χ1) is 15.8. The summed E-state index contributed by atoms with van der Waals surface area (Å²) in [6.07, 6.45) is 0.303. The van der Waals surface area contributed by atoms with Crippen LogP contribution in [0.3, 0.4) is 0 Å². The van der Waals surface area contributed by atoms with Crippen molar-refractivity contribution < 1.29 is 18.0 Å². The molecule has 3 rings (SSSR count). The SMILES string of the molecule is CN1CCN(S(=O)(=O)N2CCN(C(=O)CCC(=O)N(CCC#N)c3ccccc3)CC2)CC1. The Kier molecular flexibility index (Phi) is 8.80. The number of nitrogens with zero attached hydrogens (tertiary/aromatic N) is 6. The zero-order valence-corrected chi connectivity index (χ0v) is 19.9. The fourth-order valence-corrected chi connectivity index (χ4v) is 5.60. The number of piperazine rings is 2. The van der Waals surface area contributed by atoms with Gasteiger partial charge in [0.2, 0.25) is 11.8 Å². The second-order valence-corrected chi connectivity index (χ2v) is 10.2. The highest BCUT2D eigenvalue weighted by atomic mass is 32.2. The fourth-order valence-electron chi connectivity index (χ4n) is 4.02. The van der Waals surface area contributed by atoms with Gasteiger partial charge in [0.15, 0.2) is 0 Å². The van der Waals surface area contributed by atoms with Crippen LogP contribution in [0.1, 0.15) is 19.3 Å². The van der Waals surface area contributed by atoms with Crippen molar-refractivity contribution in [2.45, 2.75) is 19.3 Å². The van der Waals surface area contributed by atoms with E-state index in [4.69, 9.17) is 5.26 Å². The number of hydrogen-bond donors (Lipinski definition) is 0. The van der Waals surface area contributed by atoms with Gasteiger partial charge in [-0.1, -0.05) is 18.2 Å². The normalized spacial score (nSPS) is 18.6. The minimum absolute atomic E-state index is 0.0406. The van der Waals surface area contributed by atoms with Crippen molar-refractivity contribution >= 4 is 27.7 Å². The Morgan fingerprint density at radius 2 is 1.52 bits per heavy atom. The van der Waals surface area contributed by atoms with Crippen molar-refractivity contribution in [1.82, 2.24) is 18.4 Å². The molecule has 2 saturated heterocycles. The molecule has 0 atom stereocenters. The van der Waals surface area contributed by atoms with Crippen LogP contribution in [0.15, 0.2) is 30.3 Å². The molecule has 0 bridgehead atoms. The first-order valence-electron chi connectivity index (χ1n) is 11.3. The molecule has 2 aliphatic rings. The van der Waals surface area contributed by atoms with Gasteiger partial charge in [0.05, 0.1) is 12.5 Å². The standard InChI is InChI=1S/C22H32N6O4S/c1-24-12-16-26(17-13-24)33(31,32)27-18-14-25(15-19-27)21(29)8-9-22(30)28(11-5-10-23)20-6-3-2-4-7-20/h2-4,6-7H,5,8-9,11-19H2,1H3. The maximum absolute atomic E-state index is 12.9. The molecule has 10 nitrogen and oxygen atoms in total. The number of amides is 2. The zero-order valence-electron chi connectivity index (χ0n) is 19.1. The van der Waals surface area contributed by atoms with Crippen LogP contribution in [0.5, 0.6) is 0 Å². The number of carbonyl (C=O) groups excluding carboxylic acids is 2. The number of benzene rings is 1. The summed E-state index contributed by atoms with van der Waals surface area (Å²) in [5, 5.41) is 8.90. The van der Waals surface area contributed by atoms with Crippen LogP contribution in [0.25, 0.3) is 0 Å². The van der Waals surface area contributed by atoms with E-state index in [1.807, 2.05) is 25.2 Å². The number of nitriles is 1. The maximum Gasteiger partial charge on any atom is 0.282 e. The minimum Gasteiger partial charge on any atom is -0.340 e. The van der Waals surface area contributed by atoms with E-state index < -0.39 is 10.2 Å². The average molecular weight is 477 g/mol. The molecule has 0 radical (unpaired) electrons. The Balaban J connectivity index is 1.49. The van der Waals surface area contributed by atoms with Crippen LogP contribution < -0.4 is 4.90 Å². The highest BCUT2D eigenvalue weighted by Crippen LogP contribution is 2.18. The van der Waals surface area contributed by atoms with Gasteiger partial charge in [-0.25, -0.2) is 0 Å². The van der Waals surface area contributed by atoms with Crippen LogP contribution in [-0.4, -0.2) is 105 Å². The van der Waals surface area contributed by atoms with Gasteiger partial charge >= 0.3 is 0 Å². The summed E-state index contributed by atoms with van der Waals surface area (Å²) in [7, 11) is -1.55. The van der Waals surface area contributed by atoms with Crippen LogP contribution in [0.2, 0.25) is 0 Å². The molecular formula is C22H32N6O4S. The molecule has 11 heteroatoms. The number of likely N-dealkylation sites (N-methyl/N-ethyl adjacent to an activating group) is 1. The molecule has 2 fully saturated rings. The van der Waals surface area contributed by atoms with Gasteiger partial charge in [-0.15, -0.1) is 0 Å². The number of carbonyl (C=O) groups is 2. The average Bonchev–Trinajstić information content (AvgIpc) is 2.84. The van der Waals surface area contributed by atoms with Gasteiger partial charge in [0.25, 0.3) is 10.2 Å². The van der Waals surface area contributed by atoms with Crippen LogP contribution >= 0.6 is 0 Å². The molecule has 0 N–H and O–H groups in total. The smallest absolute Gasteiger partial charge is 0.282 e. The van der Waals surface area contributed by atoms with E-state index in [1.54, 1.807) is 17.0 Å². The lowest BCUT2D eigenvalue weighted by molar-refractivity contribution is -0.134. The van der Waals surface area contributed by atoms with E-state index in [-0.39, 0.29) is 50.7 Å². The lowest BCUT2D eigenvalue weighted by atomic mass is 10.2. The van der Waals surface area contributed by atoms with Gasteiger partial charge < -0.3 is 14.7 Å². The third kappa shape index (κ3) is 6.51. The molecule has 0 spiro atoms.